The van der Waals surface area contributed by atoms with E-state index >= 15 is 0 Å². The first-order valence-corrected chi connectivity index (χ1v) is 7.77. The van der Waals surface area contributed by atoms with E-state index in [1.807, 2.05) is 30.3 Å². The second kappa shape index (κ2) is 8.34. The Hall–Kier alpha value is -2.33. The lowest BCUT2D eigenvalue weighted by Gasteiger charge is -2.21. The molecule has 5 heteroatoms. The van der Waals surface area contributed by atoms with E-state index in [0.29, 0.717) is 23.8 Å². The molecule has 0 aliphatic heterocycles. The van der Waals surface area contributed by atoms with Crippen molar-refractivity contribution in [2.75, 3.05) is 11.9 Å². The summed E-state index contributed by atoms with van der Waals surface area (Å²) >= 11 is 5.88. The molecule has 4 nitrogen and oxygen atoms in total. The van der Waals surface area contributed by atoms with Gasteiger partial charge in [-0.1, -0.05) is 48.0 Å². The van der Waals surface area contributed by atoms with Gasteiger partial charge < -0.3 is 10.2 Å². The largest absolute Gasteiger partial charge is 0.338 e. The predicted octanol–water partition coefficient (Wildman–Crippen LogP) is 3.72. The molecule has 0 fully saturated rings. The van der Waals surface area contributed by atoms with Crippen LogP contribution in [0.4, 0.5) is 5.69 Å². The molecule has 1 N–H and O–H groups in total. The fourth-order valence-corrected chi connectivity index (χ4v) is 2.37. The van der Waals surface area contributed by atoms with Crippen LogP contribution in [0.3, 0.4) is 0 Å². The minimum Gasteiger partial charge on any atom is -0.338 e. The molecular weight excluding hydrogens is 312 g/mol. The molecule has 0 spiro atoms. The Bertz CT molecular complexity index is 674. The molecule has 2 aromatic rings. The zero-order valence-electron chi connectivity index (χ0n) is 13.0. The second-order valence-electron chi connectivity index (χ2n) is 5.23. The van der Waals surface area contributed by atoms with Crippen LogP contribution in [0.5, 0.6) is 0 Å². The lowest BCUT2D eigenvalue weighted by atomic mass is 10.2. The highest BCUT2D eigenvalue weighted by Gasteiger charge is 2.12. The van der Waals surface area contributed by atoms with Gasteiger partial charge in [-0.05, 0) is 23.8 Å². The number of hydrogen-bond donors (Lipinski definition) is 1. The van der Waals surface area contributed by atoms with Crippen molar-refractivity contribution in [1.29, 1.82) is 0 Å². The normalized spacial score (nSPS) is 10.2. The first-order valence-electron chi connectivity index (χ1n) is 7.39. The summed E-state index contributed by atoms with van der Waals surface area (Å²) in [4.78, 5) is 25.4. The third kappa shape index (κ3) is 5.75. The molecule has 0 heterocycles. The van der Waals surface area contributed by atoms with Crippen molar-refractivity contribution < 1.29 is 9.59 Å². The van der Waals surface area contributed by atoms with Gasteiger partial charge in [0.05, 0.1) is 0 Å². The van der Waals surface area contributed by atoms with Crippen molar-refractivity contribution in [2.45, 2.75) is 19.9 Å². The molecule has 0 aliphatic carbocycles. The van der Waals surface area contributed by atoms with Crippen molar-refractivity contribution in [2.24, 2.45) is 0 Å². The van der Waals surface area contributed by atoms with Crippen LogP contribution in [-0.4, -0.2) is 23.3 Å². The standard InChI is InChI=1S/C18H19ClN2O2/c1-14(22)21(13-15-6-3-2-4-7-15)11-10-18(23)20-17-9-5-8-16(19)12-17/h2-9,12H,10-11,13H2,1H3,(H,20,23). The van der Waals surface area contributed by atoms with Crippen LogP contribution in [-0.2, 0) is 16.1 Å². The quantitative estimate of drug-likeness (QED) is 0.877. The fourth-order valence-electron chi connectivity index (χ4n) is 2.18. The fraction of sp³-hybridized carbons (Fsp3) is 0.222. The van der Waals surface area contributed by atoms with Crippen molar-refractivity contribution >= 4 is 29.1 Å². The number of benzene rings is 2. The number of halogens is 1. The van der Waals surface area contributed by atoms with Gasteiger partial charge in [0.2, 0.25) is 11.8 Å². The lowest BCUT2D eigenvalue weighted by molar-refractivity contribution is -0.129. The van der Waals surface area contributed by atoms with Crippen molar-refractivity contribution in [1.82, 2.24) is 4.90 Å². The Morgan fingerprint density at radius 3 is 2.48 bits per heavy atom. The van der Waals surface area contributed by atoms with E-state index in [-0.39, 0.29) is 18.2 Å². The molecule has 0 unspecified atom stereocenters. The first-order chi connectivity index (χ1) is 11.0. The maximum absolute atomic E-state index is 12.0. The van der Waals surface area contributed by atoms with Crippen LogP contribution >= 0.6 is 11.6 Å². The smallest absolute Gasteiger partial charge is 0.226 e. The van der Waals surface area contributed by atoms with E-state index in [1.165, 1.54) is 6.92 Å². The van der Waals surface area contributed by atoms with Gasteiger partial charge in [-0.3, -0.25) is 9.59 Å². The van der Waals surface area contributed by atoms with Gasteiger partial charge in [0.15, 0.2) is 0 Å². The molecule has 2 aromatic carbocycles. The highest BCUT2D eigenvalue weighted by molar-refractivity contribution is 6.30. The van der Waals surface area contributed by atoms with E-state index in [2.05, 4.69) is 5.32 Å². The third-order valence-electron chi connectivity index (χ3n) is 3.38. The molecule has 0 atom stereocenters. The van der Waals surface area contributed by atoms with E-state index in [9.17, 15) is 9.59 Å². The Kier molecular flexibility index (Phi) is 6.18. The molecular formula is C18H19ClN2O2. The number of rotatable bonds is 6. The zero-order chi connectivity index (χ0) is 16.7. The highest BCUT2D eigenvalue weighted by atomic mass is 35.5. The lowest BCUT2D eigenvalue weighted by Crippen LogP contribution is -2.31. The van der Waals surface area contributed by atoms with E-state index in [0.717, 1.165) is 5.56 Å². The molecule has 2 amide bonds. The Morgan fingerprint density at radius 1 is 1.09 bits per heavy atom. The number of hydrogen-bond acceptors (Lipinski definition) is 2. The minimum atomic E-state index is -0.147. The predicted molar refractivity (Wildman–Crippen MR) is 92.2 cm³/mol. The number of anilines is 1. The van der Waals surface area contributed by atoms with Crippen molar-refractivity contribution in [3.05, 3.63) is 65.2 Å². The Balaban J connectivity index is 1.88. The Labute approximate surface area is 141 Å². The summed E-state index contributed by atoms with van der Waals surface area (Å²) in [7, 11) is 0. The zero-order valence-corrected chi connectivity index (χ0v) is 13.7. The van der Waals surface area contributed by atoms with Gasteiger partial charge in [0.1, 0.15) is 0 Å². The van der Waals surface area contributed by atoms with Crippen molar-refractivity contribution in [3.63, 3.8) is 0 Å². The SMILES string of the molecule is CC(=O)N(CCC(=O)Nc1cccc(Cl)c1)Cc1ccccc1. The highest BCUT2D eigenvalue weighted by Crippen LogP contribution is 2.15. The van der Waals surface area contributed by atoms with Crippen LogP contribution in [0.25, 0.3) is 0 Å². The second-order valence-corrected chi connectivity index (χ2v) is 5.67. The van der Waals surface area contributed by atoms with E-state index in [4.69, 9.17) is 11.6 Å². The summed E-state index contributed by atoms with van der Waals surface area (Å²) in [5, 5.41) is 3.35. The van der Waals surface area contributed by atoms with Crippen LogP contribution in [0, 0.1) is 0 Å². The van der Waals surface area contributed by atoms with Gasteiger partial charge in [0.25, 0.3) is 0 Å². The molecule has 23 heavy (non-hydrogen) atoms. The minimum absolute atomic E-state index is 0.0515. The first kappa shape index (κ1) is 17.0. The summed E-state index contributed by atoms with van der Waals surface area (Å²) in [6.45, 7) is 2.38. The van der Waals surface area contributed by atoms with Crippen LogP contribution in [0.15, 0.2) is 54.6 Å². The molecule has 120 valence electrons. The van der Waals surface area contributed by atoms with Crippen LogP contribution in [0.1, 0.15) is 18.9 Å². The topological polar surface area (TPSA) is 49.4 Å². The molecule has 2 rings (SSSR count). The van der Waals surface area contributed by atoms with Gasteiger partial charge in [-0.15, -0.1) is 0 Å². The molecule has 0 aromatic heterocycles. The third-order valence-corrected chi connectivity index (χ3v) is 3.61. The molecule has 0 aliphatic rings. The van der Waals surface area contributed by atoms with E-state index < -0.39 is 0 Å². The molecule has 0 saturated heterocycles. The summed E-state index contributed by atoms with van der Waals surface area (Å²) in [5.41, 5.74) is 1.69. The Morgan fingerprint density at radius 2 is 1.83 bits per heavy atom. The maximum atomic E-state index is 12.0. The number of nitrogens with zero attached hydrogens (tertiary/aromatic N) is 1. The molecule has 0 radical (unpaired) electrons. The summed E-state index contributed by atoms with van der Waals surface area (Å²) in [6.07, 6.45) is 0.235. The number of nitrogens with one attached hydrogen (secondary N) is 1. The average Bonchev–Trinajstić information content (AvgIpc) is 2.52. The number of carbonyl (C=O) groups is 2. The summed E-state index contributed by atoms with van der Waals surface area (Å²) in [5.74, 6) is -0.198. The monoisotopic (exact) mass is 330 g/mol. The van der Waals surface area contributed by atoms with Gasteiger partial charge in [-0.25, -0.2) is 0 Å². The number of amides is 2. The van der Waals surface area contributed by atoms with Crippen LogP contribution in [0.2, 0.25) is 5.02 Å². The molecule has 0 bridgehead atoms. The van der Waals surface area contributed by atoms with E-state index in [1.54, 1.807) is 29.2 Å². The number of carbonyl (C=O) groups excluding carboxylic acids is 2. The van der Waals surface area contributed by atoms with Gasteiger partial charge in [0, 0.05) is 37.1 Å². The molecule has 0 saturated carbocycles. The average molecular weight is 331 g/mol. The maximum Gasteiger partial charge on any atom is 0.226 e. The summed E-state index contributed by atoms with van der Waals surface area (Å²) in [6, 6.07) is 16.7. The van der Waals surface area contributed by atoms with Gasteiger partial charge in [-0.2, -0.15) is 0 Å². The summed E-state index contributed by atoms with van der Waals surface area (Å²) < 4.78 is 0. The van der Waals surface area contributed by atoms with Crippen molar-refractivity contribution in [3.8, 4) is 0 Å². The van der Waals surface area contributed by atoms with Gasteiger partial charge >= 0.3 is 0 Å². The van der Waals surface area contributed by atoms with Crippen LogP contribution < -0.4 is 5.32 Å².